The van der Waals surface area contributed by atoms with Crippen LogP contribution in [-0.4, -0.2) is 17.1 Å². The topological polar surface area (TPSA) is 73.2 Å². The molecule has 0 saturated carbocycles. The fourth-order valence-corrected chi connectivity index (χ4v) is 5.51. The Kier molecular flexibility index (Phi) is 8.10. The molecule has 0 unspecified atom stereocenters. The van der Waals surface area contributed by atoms with Crippen molar-refractivity contribution in [2.24, 2.45) is 0 Å². The van der Waals surface area contributed by atoms with Gasteiger partial charge in [0.15, 0.2) is 0 Å². The zero-order valence-corrected chi connectivity index (χ0v) is 22.4. The van der Waals surface area contributed by atoms with Gasteiger partial charge in [0.2, 0.25) is 5.91 Å². The molecule has 0 spiro atoms. The van der Waals surface area contributed by atoms with Gasteiger partial charge in [0.05, 0.1) is 5.25 Å². The van der Waals surface area contributed by atoms with Gasteiger partial charge in [-0.15, -0.1) is 0 Å². The molecule has 0 radical (unpaired) electrons. The molecule has 3 aromatic carbocycles. The summed E-state index contributed by atoms with van der Waals surface area (Å²) < 4.78 is 0.828. The van der Waals surface area contributed by atoms with E-state index in [1.165, 1.54) is 4.90 Å². The molecule has 1 saturated heterocycles. The van der Waals surface area contributed by atoms with Crippen molar-refractivity contribution in [1.82, 2.24) is 0 Å². The van der Waals surface area contributed by atoms with E-state index in [0.717, 1.165) is 16.2 Å². The predicted molar refractivity (Wildman–Crippen MR) is 146 cm³/mol. The van der Waals surface area contributed by atoms with Gasteiger partial charge in [-0.3, -0.25) is 14.5 Å². The van der Waals surface area contributed by atoms with Crippen molar-refractivity contribution in [3.63, 3.8) is 0 Å². The van der Waals surface area contributed by atoms with Crippen LogP contribution in [0.5, 0.6) is 0 Å². The molecule has 3 aromatic rings. The molecule has 1 aliphatic heterocycles. The Labute approximate surface area is 229 Å². The summed E-state index contributed by atoms with van der Waals surface area (Å²) in [5.74, 6) is -0.899. The molecule has 2 amide bonds. The van der Waals surface area contributed by atoms with Crippen LogP contribution in [0.2, 0.25) is 15.1 Å². The van der Waals surface area contributed by atoms with E-state index in [9.17, 15) is 14.9 Å². The molecule has 1 N–H and O–H groups in total. The Balaban J connectivity index is 1.73. The maximum atomic E-state index is 13.6. The third-order valence-electron chi connectivity index (χ3n) is 5.11. The first-order chi connectivity index (χ1) is 16.8. The molecule has 1 aliphatic rings. The van der Waals surface area contributed by atoms with Gasteiger partial charge in [-0.2, -0.15) is 5.26 Å². The fraction of sp³-hybridized carbons (Fsp3) is 0.0800. The van der Waals surface area contributed by atoms with Crippen LogP contribution in [0.25, 0.3) is 0 Å². The van der Waals surface area contributed by atoms with E-state index in [2.05, 4.69) is 21.2 Å². The number of rotatable bonds is 5. The van der Waals surface area contributed by atoms with Crippen LogP contribution in [0, 0.1) is 11.3 Å². The maximum Gasteiger partial charge on any atom is 0.269 e. The van der Waals surface area contributed by atoms with Crippen molar-refractivity contribution >= 4 is 85.7 Å². The summed E-state index contributed by atoms with van der Waals surface area (Å²) in [6.45, 7) is 0. The molecular formula is C25H15BrCl3N3O2S. The van der Waals surface area contributed by atoms with E-state index in [1.807, 2.05) is 6.07 Å². The maximum absolute atomic E-state index is 13.6. The van der Waals surface area contributed by atoms with Crippen molar-refractivity contribution in [1.29, 1.82) is 5.26 Å². The van der Waals surface area contributed by atoms with Crippen LogP contribution in [0.15, 0.2) is 81.8 Å². The highest BCUT2D eigenvalue weighted by Gasteiger charge is 2.41. The second-order valence-electron chi connectivity index (χ2n) is 7.45. The molecule has 5 nitrogen and oxygen atoms in total. The number of anilines is 2. The Morgan fingerprint density at radius 1 is 1.03 bits per heavy atom. The predicted octanol–water partition coefficient (Wildman–Crippen LogP) is 7.47. The number of nitrogens with one attached hydrogen (secondary N) is 1. The number of amides is 2. The van der Waals surface area contributed by atoms with Crippen LogP contribution < -0.4 is 10.2 Å². The molecule has 1 heterocycles. The molecule has 35 heavy (non-hydrogen) atoms. The van der Waals surface area contributed by atoms with E-state index in [-0.39, 0.29) is 22.9 Å². The van der Waals surface area contributed by atoms with Crippen molar-refractivity contribution in [3.8, 4) is 6.07 Å². The van der Waals surface area contributed by atoms with Gasteiger partial charge in [-0.1, -0.05) is 62.5 Å². The number of benzene rings is 3. The Morgan fingerprint density at radius 3 is 2.34 bits per heavy atom. The molecule has 10 heteroatoms. The molecular weight excluding hydrogens is 593 g/mol. The fourth-order valence-electron chi connectivity index (χ4n) is 3.44. The molecule has 4 rings (SSSR count). The first kappa shape index (κ1) is 25.6. The Morgan fingerprint density at radius 2 is 1.69 bits per heavy atom. The number of hydrogen-bond donors (Lipinski definition) is 1. The zero-order valence-electron chi connectivity index (χ0n) is 17.8. The Hall–Kier alpha value is -2.47. The van der Waals surface area contributed by atoms with Crippen LogP contribution >= 0.6 is 62.5 Å². The highest BCUT2D eigenvalue weighted by atomic mass is 79.9. The van der Waals surface area contributed by atoms with E-state index in [1.54, 1.807) is 66.7 Å². The van der Waals surface area contributed by atoms with Crippen LogP contribution in [0.3, 0.4) is 0 Å². The van der Waals surface area contributed by atoms with Crippen molar-refractivity contribution < 1.29 is 9.59 Å². The number of halogens is 4. The lowest BCUT2D eigenvalue weighted by molar-refractivity contribution is -0.117. The van der Waals surface area contributed by atoms with Gasteiger partial charge in [0, 0.05) is 30.9 Å². The number of carbonyl (C=O) groups excluding carboxylic acids is 2. The Bertz CT molecular complexity index is 1370. The largest absolute Gasteiger partial charge is 0.321 e. The summed E-state index contributed by atoms with van der Waals surface area (Å²) in [6, 6.07) is 20.6. The molecule has 0 aliphatic carbocycles. The second-order valence-corrected chi connectivity index (χ2v) is 10.8. The minimum Gasteiger partial charge on any atom is -0.321 e. The van der Waals surface area contributed by atoms with Crippen LogP contribution in [0.4, 0.5) is 11.4 Å². The molecule has 0 bridgehead atoms. The van der Waals surface area contributed by atoms with Crippen molar-refractivity contribution in [3.05, 3.63) is 102 Å². The average molecular weight is 608 g/mol. The molecule has 1 atom stereocenters. The number of nitrogens with zero attached hydrogens (tertiary/aromatic N) is 2. The van der Waals surface area contributed by atoms with Gasteiger partial charge in [0.25, 0.3) is 5.91 Å². The molecule has 1 fully saturated rings. The molecule has 176 valence electrons. The average Bonchev–Trinajstić information content (AvgIpc) is 3.14. The summed E-state index contributed by atoms with van der Waals surface area (Å²) in [7, 11) is 0. The van der Waals surface area contributed by atoms with Gasteiger partial charge in [-0.25, -0.2) is 0 Å². The third-order valence-corrected chi connectivity index (χ3v) is 7.75. The van der Waals surface area contributed by atoms with Gasteiger partial charge in [0.1, 0.15) is 16.7 Å². The SMILES string of the molecule is N#C/C(C(=O)Nc1ccc(Cl)cc1)=C1/S[C@@H](Cc2cc(Cl)ccc2Cl)C(=O)N1c1ccc(Br)cc1. The van der Waals surface area contributed by atoms with Gasteiger partial charge < -0.3 is 5.32 Å². The highest BCUT2D eigenvalue weighted by Crippen LogP contribution is 2.43. The minimum absolute atomic E-state index is 0.180. The summed E-state index contributed by atoms with van der Waals surface area (Å²) >= 11 is 22.9. The summed E-state index contributed by atoms with van der Waals surface area (Å²) in [5, 5.41) is 13.8. The van der Waals surface area contributed by atoms with E-state index >= 15 is 0 Å². The molecule has 0 aromatic heterocycles. The quantitative estimate of drug-likeness (QED) is 0.241. The van der Waals surface area contributed by atoms with Gasteiger partial charge >= 0.3 is 0 Å². The highest BCUT2D eigenvalue weighted by molar-refractivity contribution is 9.10. The van der Waals surface area contributed by atoms with E-state index in [4.69, 9.17) is 34.8 Å². The zero-order chi connectivity index (χ0) is 25.1. The monoisotopic (exact) mass is 605 g/mol. The number of hydrogen-bond acceptors (Lipinski definition) is 4. The smallest absolute Gasteiger partial charge is 0.269 e. The first-order valence-electron chi connectivity index (χ1n) is 10.2. The first-order valence-corrected chi connectivity index (χ1v) is 13.0. The second kappa shape index (κ2) is 11.1. The van der Waals surface area contributed by atoms with Crippen molar-refractivity contribution in [2.45, 2.75) is 11.7 Å². The summed E-state index contributed by atoms with van der Waals surface area (Å²) in [5.41, 5.74) is 1.53. The summed E-state index contributed by atoms with van der Waals surface area (Å²) in [6.07, 6.45) is 0.275. The van der Waals surface area contributed by atoms with E-state index < -0.39 is 11.2 Å². The van der Waals surface area contributed by atoms with Crippen LogP contribution in [-0.2, 0) is 16.0 Å². The number of carbonyl (C=O) groups is 2. The minimum atomic E-state index is -0.631. The lowest BCUT2D eigenvalue weighted by Gasteiger charge is -2.19. The summed E-state index contributed by atoms with van der Waals surface area (Å²) in [4.78, 5) is 28.1. The van der Waals surface area contributed by atoms with Gasteiger partial charge in [-0.05, 0) is 78.7 Å². The lowest BCUT2D eigenvalue weighted by Crippen LogP contribution is -2.31. The van der Waals surface area contributed by atoms with Crippen LogP contribution in [0.1, 0.15) is 5.56 Å². The lowest BCUT2D eigenvalue weighted by atomic mass is 10.1. The number of thioether (sulfide) groups is 1. The standard InChI is InChI=1S/C25H15BrCl3N3O2S/c26-15-1-8-19(9-2-15)32-24(34)22(12-14-11-17(28)5-10-21(14)29)35-25(32)20(13-30)23(33)31-18-6-3-16(27)4-7-18/h1-11,22H,12H2,(H,31,33)/b25-20-/t22-/m0/s1. The number of nitriles is 1. The normalized spacial score (nSPS) is 16.7. The van der Waals surface area contributed by atoms with E-state index in [0.29, 0.717) is 32.0 Å². The van der Waals surface area contributed by atoms with Crippen molar-refractivity contribution in [2.75, 3.05) is 10.2 Å². The third kappa shape index (κ3) is 5.85.